The topological polar surface area (TPSA) is 81.7 Å². The number of hydrogen-bond acceptors (Lipinski definition) is 6. The predicted molar refractivity (Wildman–Crippen MR) is 108 cm³/mol. The molecule has 2 aliphatic rings. The molecule has 0 saturated carbocycles. The molecule has 6 nitrogen and oxygen atoms in total. The predicted octanol–water partition coefficient (Wildman–Crippen LogP) is 3.19. The highest BCUT2D eigenvalue weighted by Gasteiger charge is 2.29. The summed E-state index contributed by atoms with van der Waals surface area (Å²) >= 11 is 1.47. The summed E-state index contributed by atoms with van der Waals surface area (Å²) in [6.07, 6.45) is 0.622. The molecule has 1 amide bonds. The van der Waals surface area contributed by atoms with Crippen LogP contribution in [-0.2, 0) is 9.84 Å². The monoisotopic (exact) mass is 419 g/mol. The second-order valence-electron chi connectivity index (χ2n) is 6.95. The Balaban J connectivity index is 1.47. The second kappa shape index (κ2) is 7.67. The number of benzene rings is 2. The SMILES string of the molecule is C[C@H](NC(=O)c1ccccc1S[C@@H]1CCS(=O)(=O)C1)c1ccc2c(c1)OCO2. The first-order valence-corrected chi connectivity index (χ1v) is 11.8. The van der Waals surface area contributed by atoms with E-state index in [1.807, 2.05) is 43.3 Å². The Morgan fingerprint density at radius 2 is 1.96 bits per heavy atom. The third-order valence-corrected chi connectivity index (χ3v) is 8.18. The van der Waals surface area contributed by atoms with E-state index in [-0.39, 0.29) is 35.5 Å². The zero-order valence-corrected chi connectivity index (χ0v) is 17.0. The molecular weight excluding hydrogens is 398 g/mol. The number of amides is 1. The molecule has 2 atom stereocenters. The number of nitrogens with one attached hydrogen (secondary N) is 1. The third-order valence-electron chi connectivity index (χ3n) is 4.86. The van der Waals surface area contributed by atoms with Crippen molar-refractivity contribution in [3.63, 3.8) is 0 Å². The Morgan fingerprint density at radius 1 is 1.18 bits per heavy atom. The first kappa shape index (κ1) is 19.1. The molecule has 0 unspecified atom stereocenters. The van der Waals surface area contributed by atoms with Crippen molar-refractivity contribution in [1.82, 2.24) is 5.32 Å². The third kappa shape index (κ3) is 4.12. The van der Waals surface area contributed by atoms with Crippen molar-refractivity contribution in [2.24, 2.45) is 0 Å². The Kier molecular flexibility index (Phi) is 5.25. The van der Waals surface area contributed by atoms with Crippen molar-refractivity contribution in [3.8, 4) is 11.5 Å². The highest BCUT2D eigenvalue weighted by atomic mass is 32.2. The van der Waals surface area contributed by atoms with Gasteiger partial charge < -0.3 is 14.8 Å². The number of thioether (sulfide) groups is 1. The summed E-state index contributed by atoms with van der Waals surface area (Å²) in [7, 11) is -2.95. The van der Waals surface area contributed by atoms with E-state index in [0.717, 1.165) is 10.5 Å². The fraction of sp³-hybridized carbons (Fsp3) is 0.350. The summed E-state index contributed by atoms with van der Waals surface area (Å²) in [6, 6.07) is 12.7. The van der Waals surface area contributed by atoms with E-state index in [1.54, 1.807) is 6.07 Å². The smallest absolute Gasteiger partial charge is 0.252 e. The average molecular weight is 420 g/mol. The van der Waals surface area contributed by atoms with Gasteiger partial charge in [-0.2, -0.15) is 0 Å². The second-order valence-corrected chi connectivity index (χ2v) is 10.5. The van der Waals surface area contributed by atoms with Gasteiger partial charge in [-0.05, 0) is 43.2 Å². The van der Waals surface area contributed by atoms with Gasteiger partial charge in [-0.3, -0.25) is 4.79 Å². The molecule has 0 aliphatic carbocycles. The van der Waals surface area contributed by atoms with E-state index in [0.29, 0.717) is 23.5 Å². The molecule has 2 heterocycles. The molecule has 2 aliphatic heterocycles. The first-order chi connectivity index (χ1) is 13.4. The maximum absolute atomic E-state index is 12.9. The highest BCUT2D eigenvalue weighted by Crippen LogP contribution is 2.35. The van der Waals surface area contributed by atoms with E-state index in [9.17, 15) is 13.2 Å². The largest absolute Gasteiger partial charge is 0.454 e. The van der Waals surface area contributed by atoms with E-state index < -0.39 is 9.84 Å². The van der Waals surface area contributed by atoms with Gasteiger partial charge in [0.15, 0.2) is 21.3 Å². The van der Waals surface area contributed by atoms with Crippen molar-refractivity contribution < 1.29 is 22.7 Å². The minimum Gasteiger partial charge on any atom is -0.454 e. The van der Waals surface area contributed by atoms with Crippen molar-refractivity contribution in [1.29, 1.82) is 0 Å². The lowest BCUT2D eigenvalue weighted by Crippen LogP contribution is -2.27. The molecule has 1 fully saturated rings. The zero-order chi connectivity index (χ0) is 19.7. The van der Waals surface area contributed by atoms with Crippen LogP contribution in [0.25, 0.3) is 0 Å². The van der Waals surface area contributed by atoms with Crippen LogP contribution in [0.15, 0.2) is 47.4 Å². The molecule has 0 radical (unpaired) electrons. The first-order valence-electron chi connectivity index (χ1n) is 9.08. The van der Waals surface area contributed by atoms with Gasteiger partial charge in [0.1, 0.15) is 0 Å². The molecule has 0 aromatic heterocycles. The molecular formula is C20H21NO5S2. The van der Waals surface area contributed by atoms with Crippen LogP contribution in [0.1, 0.15) is 35.3 Å². The Hall–Kier alpha value is -2.19. The van der Waals surface area contributed by atoms with Gasteiger partial charge in [0, 0.05) is 10.1 Å². The van der Waals surface area contributed by atoms with Gasteiger partial charge >= 0.3 is 0 Å². The van der Waals surface area contributed by atoms with E-state index in [4.69, 9.17) is 9.47 Å². The standard InChI is InChI=1S/C20H21NO5S2/c1-13(14-6-7-17-18(10-14)26-12-25-17)21-20(22)16-4-2-3-5-19(16)27-15-8-9-28(23,24)11-15/h2-7,10,13,15H,8-9,11-12H2,1H3,(H,21,22)/t13-,15+/m0/s1. The highest BCUT2D eigenvalue weighted by molar-refractivity contribution is 8.02. The van der Waals surface area contributed by atoms with Gasteiger partial charge in [-0.15, -0.1) is 11.8 Å². The van der Waals surface area contributed by atoms with E-state index >= 15 is 0 Å². The molecule has 0 spiro atoms. The Bertz CT molecular complexity index is 1010. The fourth-order valence-electron chi connectivity index (χ4n) is 3.33. The van der Waals surface area contributed by atoms with Crippen molar-refractivity contribution in [2.75, 3.05) is 18.3 Å². The Morgan fingerprint density at radius 3 is 2.75 bits per heavy atom. The number of hydrogen-bond donors (Lipinski definition) is 1. The van der Waals surface area contributed by atoms with Crippen LogP contribution >= 0.6 is 11.8 Å². The van der Waals surface area contributed by atoms with Crippen LogP contribution in [0.5, 0.6) is 11.5 Å². The molecule has 1 N–H and O–H groups in total. The van der Waals surface area contributed by atoms with Gasteiger partial charge in [0.25, 0.3) is 5.91 Å². The van der Waals surface area contributed by atoms with Crippen molar-refractivity contribution in [2.45, 2.75) is 29.5 Å². The fourth-order valence-corrected chi connectivity index (χ4v) is 6.96. The van der Waals surface area contributed by atoms with E-state index in [2.05, 4.69) is 5.32 Å². The van der Waals surface area contributed by atoms with Crippen LogP contribution in [0, 0.1) is 0 Å². The maximum Gasteiger partial charge on any atom is 0.252 e. The van der Waals surface area contributed by atoms with Crippen LogP contribution in [0.4, 0.5) is 0 Å². The minimum absolute atomic E-state index is 0.00904. The molecule has 148 valence electrons. The lowest BCUT2D eigenvalue weighted by Gasteiger charge is -2.17. The van der Waals surface area contributed by atoms with Crippen LogP contribution < -0.4 is 14.8 Å². The summed E-state index contributed by atoms with van der Waals surface area (Å²) < 4.78 is 34.2. The summed E-state index contributed by atoms with van der Waals surface area (Å²) in [4.78, 5) is 13.7. The minimum atomic E-state index is -2.95. The van der Waals surface area contributed by atoms with Crippen molar-refractivity contribution in [3.05, 3.63) is 53.6 Å². The number of carbonyl (C=O) groups is 1. The van der Waals surface area contributed by atoms with Gasteiger partial charge in [0.05, 0.1) is 23.1 Å². The molecule has 2 aromatic rings. The van der Waals surface area contributed by atoms with Gasteiger partial charge in [-0.1, -0.05) is 18.2 Å². The van der Waals surface area contributed by atoms with Gasteiger partial charge in [-0.25, -0.2) is 8.42 Å². The molecule has 8 heteroatoms. The number of carbonyl (C=O) groups excluding carboxylic acids is 1. The number of rotatable bonds is 5. The molecule has 1 saturated heterocycles. The number of ether oxygens (including phenoxy) is 2. The normalized spacial score (nSPS) is 20.7. The molecule has 0 bridgehead atoms. The summed E-state index contributed by atoms with van der Waals surface area (Å²) in [6.45, 7) is 2.12. The molecule has 28 heavy (non-hydrogen) atoms. The summed E-state index contributed by atoms with van der Waals surface area (Å²) in [5.41, 5.74) is 1.48. The van der Waals surface area contributed by atoms with Crippen LogP contribution in [0.3, 0.4) is 0 Å². The van der Waals surface area contributed by atoms with Gasteiger partial charge in [0.2, 0.25) is 6.79 Å². The van der Waals surface area contributed by atoms with E-state index in [1.165, 1.54) is 11.8 Å². The zero-order valence-electron chi connectivity index (χ0n) is 15.4. The lowest BCUT2D eigenvalue weighted by molar-refractivity contribution is 0.0937. The maximum atomic E-state index is 12.9. The quantitative estimate of drug-likeness (QED) is 0.802. The lowest BCUT2D eigenvalue weighted by atomic mass is 10.1. The Labute approximate surface area is 168 Å². The summed E-state index contributed by atoms with van der Waals surface area (Å²) in [5.74, 6) is 1.59. The summed E-state index contributed by atoms with van der Waals surface area (Å²) in [5, 5.41) is 3.01. The average Bonchev–Trinajstić information content (AvgIpc) is 3.27. The van der Waals surface area contributed by atoms with Crippen molar-refractivity contribution >= 4 is 27.5 Å². The number of sulfone groups is 1. The van der Waals surface area contributed by atoms with Crippen LogP contribution in [-0.4, -0.2) is 37.9 Å². The number of fused-ring (bicyclic) bond motifs is 1. The molecule has 4 rings (SSSR count). The van der Waals surface area contributed by atoms with Crippen LogP contribution in [0.2, 0.25) is 0 Å². The molecule has 2 aromatic carbocycles.